The molecule has 0 spiro atoms. The molecule has 1 aromatic heterocycles. The van der Waals surface area contributed by atoms with Crippen molar-refractivity contribution in [2.75, 3.05) is 19.6 Å². The summed E-state index contributed by atoms with van der Waals surface area (Å²) < 4.78 is 0. The van der Waals surface area contributed by atoms with Crippen molar-refractivity contribution in [3.63, 3.8) is 0 Å². The summed E-state index contributed by atoms with van der Waals surface area (Å²) in [6.07, 6.45) is 4.51. The number of nitrogens with one attached hydrogen (secondary N) is 2. The van der Waals surface area contributed by atoms with Gasteiger partial charge in [0, 0.05) is 25.5 Å². The molecule has 1 unspecified atom stereocenters. The van der Waals surface area contributed by atoms with Crippen molar-refractivity contribution >= 4 is 29.9 Å². The molecule has 0 fully saturated rings. The van der Waals surface area contributed by atoms with Gasteiger partial charge < -0.3 is 15.7 Å². The van der Waals surface area contributed by atoms with Crippen molar-refractivity contribution in [3.8, 4) is 0 Å². The third-order valence-electron chi connectivity index (χ3n) is 3.71. The first-order chi connectivity index (χ1) is 11.6. The smallest absolute Gasteiger partial charge is 0.191 e. The van der Waals surface area contributed by atoms with Gasteiger partial charge in [-0.1, -0.05) is 36.4 Å². The molecule has 0 radical (unpaired) electrons. The topological polar surface area (TPSA) is 69.5 Å². The van der Waals surface area contributed by atoms with Crippen molar-refractivity contribution in [1.29, 1.82) is 0 Å². The van der Waals surface area contributed by atoms with Gasteiger partial charge in [0.1, 0.15) is 5.60 Å². The first kappa shape index (κ1) is 21.4. The number of hydrogen-bond acceptors (Lipinski definition) is 3. The maximum atomic E-state index is 10.6. The molecule has 0 aliphatic rings. The summed E-state index contributed by atoms with van der Waals surface area (Å²) in [6, 6.07) is 13.6. The lowest BCUT2D eigenvalue weighted by Gasteiger charge is -2.22. The van der Waals surface area contributed by atoms with E-state index in [4.69, 9.17) is 0 Å². The highest BCUT2D eigenvalue weighted by molar-refractivity contribution is 14.0. The molecule has 0 bridgehead atoms. The Morgan fingerprint density at radius 3 is 2.56 bits per heavy atom. The molecule has 2 aromatic rings. The summed E-state index contributed by atoms with van der Waals surface area (Å²) in [4.78, 5) is 8.64. The zero-order chi connectivity index (χ0) is 17.3. The molecule has 1 heterocycles. The van der Waals surface area contributed by atoms with Crippen LogP contribution in [-0.2, 0) is 12.0 Å². The second kappa shape index (κ2) is 11.0. The largest absolute Gasteiger partial charge is 0.384 e. The number of rotatable bonds is 7. The number of aromatic nitrogens is 1. The Kier molecular flexibility index (Phi) is 9.44. The van der Waals surface area contributed by atoms with Gasteiger partial charge in [-0.25, -0.2) is 4.99 Å². The second-order valence-electron chi connectivity index (χ2n) is 5.87. The van der Waals surface area contributed by atoms with E-state index < -0.39 is 5.60 Å². The summed E-state index contributed by atoms with van der Waals surface area (Å²) in [7, 11) is 0. The Labute approximate surface area is 167 Å². The predicted octanol–water partition coefficient (Wildman–Crippen LogP) is 2.70. The van der Waals surface area contributed by atoms with E-state index in [0.29, 0.717) is 12.5 Å². The van der Waals surface area contributed by atoms with Gasteiger partial charge in [0.25, 0.3) is 0 Å². The van der Waals surface area contributed by atoms with E-state index in [1.54, 1.807) is 13.1 Å². The first-order valence-electron chi connectivity index (χ1n) is 8.31. The van der Waals surface area contributed by atoms with E-state index in [1.807, 2.05) is 49.5 Å². The molecular weight excluding hydrogens is 427 g/mol. The van der Waals surface area contributed by atoms with E-state index in [9.17, 15) is 5.11 Å². The van der Waals surface area contributed by atoms with Crippen molar-refractivity contribution in [2.24, 2.45) is 4.99 Å². The fourth-order valence-electron chi connectivity index (χ4n) is 2.33. The van der Waals surface area contributed by atoms with Crippen molar-refractivity contribution in [1.82, 2.24) is 15.6 Å². The molecule has 1 atom stereocenters. The van der Waals surface area contributed by atoms with Crippen LogP contribution in [0.15, 0.2) is 59.9 Å². The fourth-order valence-corrected chi connectivity index (χ4v) is 2.33. The van der Waals surface area contributed by atoms with Crippen LogP contribution in [0.4, 0.5) is 0 Å². The van der Waals surface area contributed by atoms with Crippen LogP contribution in [0.5, 0.6) is 0 Å². The molecule has 6 heteroatoms. The van der Waals surface area contributed by atoms with E-state index >= 15 is 0 Å². The zero-order valence-electron chi connectivity index (χ0n) is 14.8. The van der Waals surface area contributed by atoms with Gasteiger partial charge in [0.15, 0.2) is 5.96 Å². The number of guanidine groups is 1. The lowest BCUT2D eigenvalue weighted by atomic mass is 9.96. The van der Waals surface area contributed by atoms with Gasteiger partial charge in [0.05, 0.1) is 6.54 Å². The maximum Gasteiger partial charge on any atom is 0.191 e. The van der Waals surface area contributed by atoms with Gasteiger partial charge in [-0.05, 0) is 37.5 Å². The molecule has 2 rings (SSSR count). The average Bonchev–Trinajstić information content (AvgIpc) is 2.61. The summed E-state index contributed by atoms with van der Waals surface area (Å²) >= 11 is 0. The Balaban J connectivity index is 0.00000312. The molecule has 0 saturated heterocycles. The Hall–Kier alpha value is -1.67. The van der Waals surface area contributed by atoms with Crippen LogP contribution in [0.3, 0.4) is 0 Å². The highest BCUT2D eigenvalue weighted by Gasteiger charge is 2.22. The van der Waals surface area contributed by atoms with Gasteiger partial charge in [-0.3, -0.25) is 4.98 Å². The second-order valence-corrected chi connectivity index (χ2v) is 5.87. The van der Waals surface area contributed by atoms with E-state index in [-0.39, 0.29) is 24.0 Å². The molecule has 0 saturated carbocycles. The minimum Gasteiger partial charge on any atom is -0.384 e. The number of halogens is 1. The quantitative estimate of drug-likeness (QED) is 0.342. The van der Waals surface area contributed by atoms with Crippen LogP contribution in [-0.4, -0.2) is 35.7 Å². The minimum atomic E-state index is -0.993. The monoisotopic (exact) mass is 454 g/mol. The van der Waals surface area contributed by atoms with Crippen LogP contribution in [0.2, 0.25) is 0 Å². The molecule has 5 nitrogen and oxygen atoms in total. The van der Waals surface area contributed by atoms with Crippen molar-refractivity contribution in [3.05, 3.63) is 66.0 Å². The van der Waals surface area contributed by atoms with Crippen molar-refractivity contribution in [2.45, 2.75) is 25.9 Å². The molecule has 0 aliphatic carbocycles. The third kappa shape index (κ3) is 7.39. The predicted molar refractivity (Wildman–Crippen MR) is 113 cm³/mol. The van der Waals surface area contributed by atoms with Gasteiger partial charge >= 0.3 is 0 Å². The first-order valence-corrected chi connectivity index (χ1v) is 8.31. The molecular formula is C19H27IN4O. The number of aliphatic hydroxyl groups is 1. The summed E-state index contributed by atoms with van der Waals surface area (Å²) in [5.74, 6) is 0.706. The fraction of sp³-hybridized carbons (Fsp3) is 0.368. The van der Waals surface area contributed by atoms with E-state index in [0.717, 1.165) is 25.1 Å². The standard InChI is InChI=1S/C19H26N4O.HI/c1-3-21-18(22-13-11-16-8-7-12-20-14-16)23-15-19(2,24)17-9-5-4-6-10-17;/h4-10,12,14,24H,3,11,13,15H2,1-2H3,(H2,21,22,23);1H. The lowest BCUT2D eigenvalue weighted by Crippen LogP contribution is -2.39. The average molecular weight is 454 g/mol. The molecule has 0 aliphatic heterocycles. The number of aliphatic imine (C=N–C) groups is 1. The third-order valence-corrected chi connectivity index (χ3v) is 3.71. The minimum absolute atomic E-state index is 0. The summed E-state index contributed by atoms with van der Waals surface area (Å²) in [5, 5.41) is 17.1. The number of hydrogen-bond donors (Lipinski definition) is 3. The number of pyridine rings is 1. The lowest BCUT2D eigenvalue weighted by molar-refractivity contribution is 0.0672. The van der Waals surface area contributed by atoms with Crippen molar-refractivity contribution < 1.29 is 5.11 Å². The summed E-state index contributed by atoms with van der Waals surface area (Å²) in [6.45, 7) is 5.62. The van der Waals surface area contributed by atoms with Crippen LogP contribution in [0.25, 0.3) is 0 Å². The van der Waals surface area contributed by atoms with Crippen LogP contribution < -0.4 is 10.6 Å². The number of benzene rings is 1. The van der Waals surface area contributed by atoms with E-state index in [2.05, 4.69) is 26.7 Å². The Bertz CT molecular complexity index is 632. The molecule has 136 valence electrons. The zero-order valence-corrected chi connectivity index (χ0v) is 17.1. The SMILES string of the molecule is CCNC(=NCC(C)(O)c1ccccc1)NCCc1cccnc1.I. The molecule has 0 amide bonds. The van der Waals surface area contributed by atoms with E-state index in [1.165, 1.54) is 5.56 Å². The number of nitrogens with zero attached hydrogens (tertiary/aromatic N) is 2. The Morgan fingerprint density at radius 2 is 1.92 bits per heavy atom. The van der Waals surface area contributed by atoms with Gasteiger partial charge in [-0.15, -0.1) is 24.0 Å². The molecule has 25 heavy (non-hydrogen) atoms. The van der Waals surface area contributed by atoms with Crippen LogP contribution >= 0.6 is 24.0 Å². The highest BCUT2D eigenvalue weighted by Crippen LogP contribution is 2.20. The maximum absolute atomic E-state index is 10.6. The normalized spacial score (nSPS) is 13.5. The Morgan fingerprint density at radius 1 is 1.16 bits per heavy atom. The highest BCUT2D eigenvalue weighted by atomic mass is 127. The molecule has 3 N–H and O–H groups in total. The van der Waals surface area contributed by atoms with Gasteiger partial charge in [0.2, 0.25) is 0 Å². The van der Waals surface area contributed by atoms with Crippen LogP contribution in [0.1, 0.15) is 25.0 Å². The van der Waals surface area contributed by atoms with Gasteiger partial charge in [-0.2, -0.15) is 0 Å². The summed E-state index contributed by atoms with van der Waals surface area (Å²) in [5.41, 5.74) is 1.05. The molecule has 1 aromatic carbocycles. The van der Waals surface area contributed by atoms with Crippen LogP contribution in [0, 0.1) is 0 Å².